The van der Waals surface area contributed by atoms with Crippen molar-refractivity contribution in [2.24, 2.45) is 5.92 Å². The molecular formula is C27H31F3N2O2. The van der Waals surface area contributed by atoms with Crippen LogP contribution in [-0.4, -0.2) is 43.6 Å². The Balaban J connectivity index is 1.19. The van der Waals surface area contributed by atoms with Crippen molar-refractivity contribution in [2.45, 2.75) is 44.1 Å². The van der Waals surface area contributed by atoms with Gasteiger partial charge in [0.05, 0.1) is 7.11 Å². The number of piperidine rings is 1. The van der Waals surface area contributed by atoms with Crippen LogP contribution in [0.1, 0.15) is 49.1 Å². The maximum absolute atomic E-state index is 13.3. The zero-order valence-corrected chi connectivity index (χ0v) is 19.4. The Morgan fingerprint density at radius 3 is 2.38 bits per heavy atom. The molecule has 2 aromatic carbocycles. The lowest BCUT2D eigenvalue weighted by Gasteiger charge is -2.33. The molecule has 4 nitrogen and oxygen atoms in total. The van der Waals surface area contributed by atoms with Gasteiger partial charge in [-0.1, -0.05) is 12.1 Å². The number of halogens is 3. The van der Waals surface area contributed by atoms with Crippen molar-refractivity contribution >= 4 is 12.0 Å². The number of hydrogen-bond donors (Lipinski definition) is 1. The van der Waals surface area contributed by atoms with Crippen molar-refractivity contribution in [3.8, 4) is 5.75 Å². The van der Waals surface area contributed by atoms with Crippen molar-refractivity contribution in [3.63, 3.8) is 0 Å². The zero-order chi connectivity index (χ0) is 24.1. The summed E-state index contributed by atoms with van der Waals surface area (Å²) in [5.74, 6) is -2.34. The van der Waals surface area contributed by atoms with E-state index in [-0.39, 0.29) is 17.5 Å². The van der Waals surface area contributed by atoms with Gasteiger partial charge in [0.15, 0.2) is 17.5 Å². The van der Waals surface area contributed by atoms with Gasteiger partial charge in [-0.05, 0) is 98.5 Å². The fraction of sp³-hybridized carbons (Fsp3) is 0.444. The number of carbonyl (C=O) groups excluding carboxylic acids is 1. The number of nitrogens with zero attached hydrogens (tertiary/aromatic N) is 1. The van der Waals surface area contributed by atoms with Crippen LogP contribution in [0.4, 0.5) is 13.2 Å². The van der Waals surface area contributed by atoms with E-state index in [1.807, 2.05) is 12.1 Å². The van der Waals surface area contributed by atoms with Gasteiger partial charge in [0.1, 0.15) is 5.75 Å². The third-order valence-electron chi connectivity index (χ3n) is 7.01. The highest BCUT2D eigenvalue weighted by molar-refractivity contribution is 5.91. The van der Waals surface area contributed by atoms with Crippen molar-refractivity contribution in [1.82, 2.24) is 10.2 Å². The van der Waals surface area contributed by atoms with Crippen LogP contribution >= 0.6 is 0 Å². The second-order valence-corrected chi connectivity index (χ2v) is 9.36. The number of ether oxygens (including phenoxy) is 1. The number of nitrogens with one attached hydrogen (secondary N) is 1. The van der Waals surface area contributed by atoms with E-state index in [2.05, 4.69) is 22.3 Å². The van der Waals surface area contributed by atoms with Gasteiger partial charge in [0.25, 0.3) is 0 Å². The first-order valence-corrected chi connectivity index (χ1v) is 11.9. The summed E-state index contributed by atoms with van der Waals surface area (Å²) in [5, 5.41) is 2.98. The molecule has 2 aliphatic rings. The molecule has 1 aliphatic carbocycles. The van der Waals surface area contributed by atoms with Gasteiger partial charge in [-0.25, -0.2) is 13.2 Å². The first-order valence-electron chi connectivity index (χ1n) is 11.9. The summed E-state index contributed by atoms with van der Waals surface area (Å²) >= 11 is 0. The number of rotatable bonds is 7. The van der Waals surface area contributed by atoms with Crippen molar-refractivity contribution < 1.29 is 22.7 Å². The summed E-state index contributed by atoms with van der Waals surface area (Å²) in [6.07, 6.45) is 7.75. The lowest BCUT2D eigenvalue weighted by molar-refractivity contribution is -0.117. The average molecular weight is 473 g/mol. The lowest BCUT2D eigenvalue weighted by atomic mass is 9.89. The number of likely N-dealkylation sites (tertiary alicyclic amines) is 1. The van der Waals surface area contributed by atoms with Gasteiger partial charge in [-0.15, -0.1) is 0 Å². The summed E-state index contributed by atoms with van der Waals surface area (Å²) < 4.78 is 44.9. The molecule has 34 heavy (non-hydrogen) atoms. The number of benzene rings is 2. The highest BCUT2D eigenvalue weighted by atomic mass is 19.2. The Morgan fingerprint density at radius 2 is 1.74 bits per heavy atom. The summed E-state index contributed by atoms with van der Waals surface area (Å²) in [4.78, 5) is 14.8. The van der Waals surface area contributed by atoms with E-state index >= 15 is 0 Å². The minimum Gasteiger partial charge on any atom is -0.497 e. The number of carbonyl (C=O) groups is 1. The van der Waals surface area contributed by atoms with Gasteiger partial charge in [0, 0.05) is 18.7 Å². The molecule has 2 atom stereocenters. The van der Waals surface area contributed by atoms with Gasteiger partial charge in [0.2, 0.25) is 5.91 Å². The molecule has 1 aliphatic heterocycles. The standard InChI is InChI=1S/C27H31F3N2O2/c1-34-23-7-4-20(5-8-23)21-10-12-32(13-11-21)17-19-2-6-22(14-19)31-26(33)9-3-18-15-24(28)27(30)25(29)16-18/h3-5,7-9,15-16,19,21-22H,2,6,10-14,17H2,1H3,(H,31,33)/b9-3+/t19-,22+/m1/s1. The molecule has 1 N–H and O–H groups in total. The van der Waals surface area contributed by atoms with Crippen molar-refractivity contribution in [3.05, 3.63) is 71.1 Å². The second-order valence-electron chi connectivity index (χ2n) is 9.36. The molecule has 0 aromatic heterocycles. The first kappa shape index (κ1) is 24.3. The molecule has 7 heteroatoms. The summed E-state index contributed by atoms with van der Waals surface area (Å²) in [6, 6.07) is 10.2. The quantitative estimate of drug-likeness (QED) is 0.440. The Morgan fingerprint density at radius 1 is 1.06 bits per heavy atom. The lowest BCUT2D eigenvalue weighted by Crippen LogP contribution is -2.37. The fourth-order valence-electron chi connectivity index (χ4n) is 5.15. The Kier molecular flexibility index (Phi) is 7.93. The van der Waals surface area contributed by atoms with Crippen LogP contribution < -0.4 is 10.1 Å². The van der Waals surface area contributed by atoms with Crippen LogP contribution in [0.15, 0.2) is 42.5 Å². The molecule has 1 amide bonds. The third-order valence-corrected chi connectivity index (χ3v) is 7.01. The number of amides is 1. The number of methoxy groups -OCH3 is 1. The molecular weight excluding hydrogens is 441 g/mol. The molecule has 182 valence electrons. The number of hydrogen-bond acceptors (Lipinski definition) is 3. The molecule has 1 saturated heterocycles. The van der Waals surface area contributed by atoms with Crippen molar-refractivity contribution in [1.29, 1.82) is 0 Å². The van der Waals surface area contributed by atoms with Crippen LogP contribution in [0.25, 0.3) is 6.08 Å². The van der Waals surface area contributed by atoms with Crippen LogP contribution in [0.5, 0.6) is 5.75 Å². The normalized spacial score (nSPS) is 21.8. The molecule has 1 heterocycles. The first-order chi connectivity index (χ1) is 16.4. The average Bonchev–Trinajstić information content (AvgIpc) is 3.28. The SMILES string of the molecule is COc1ccc(C2CCN(C[C@@H]3CC[C@H](NC(=O)/C=C/c4cc(F)c(F)c(F)c4)C3)CC2)cc1. The molecule has 0 unspecified atom stereocenters. The molecule has 0 spiro atoms. The van der Waals surface area contributed by atoms with Crippen LogP contribution in [0.3, 0.4) is 0 Å². The van der Waals surface area contributed by atoms with Crippen LogP contribution in [0, 0.1) is 23.4 Å². The van der Waals surface area contributed by atoms with Crippen molar-refractivity contribution in [2.75, 3.05) is 26.7 Å². The fourth-order valence-corrected chi connectivity index (χ4v) is 5.15. The predicted octanol–water partition coefficient (Wildman–Crippen LogP) is 5.29. The van der Waals surface area contributed by atoms with E-state index < -0.39 is 17.5 Å². The van der Waals surface area contributed by atoms with Gasteiger partial charge in [-0.2, -0.15) is 0 Å². The zero-order valence-electron chi connectivity index (χ0n) is 19.4. The van der Waals surface area contributed by atoms with Gasteiger partial charge >= 0.3 is 0 Å². The minimum atomic E-state index is -1.51. The Bertz CT molecular complexity index is 994. The summed E-state index contributed by atoms with van der Waals surface area (Å²) in [7, 11) is 1.68. The Labute approximate surface area is 198 Å². The molecule has 1 saturated carbocycles. The molecule has 4 rings (SSSR count). The minimum absolute atomic E-state index is 0.0979. The molecule has 0 radical (unpaired) electrons. The van der Waals surface area contributed by atoms with E-state index in [1.54, 1.807) is 7.11 Å². The molecule has 2 aromatic rings. The van der Waals surface area contributed by atoms with E-state index in [0.717, 1.165) is 69.6 Å². The van der Waals surface area contributed by atoms with E-state index in [9.17, 15) is 18.0 Å². The van der Waals surface area contributed by atoms with E-state index in [0.29, 0.717) is 11.8 Å². The van der Waals surface area contributed by atoms with E-state index in [4.69, 9.17) is 4.74 Å². The highest BCUT2D eigenvalue weighted by Gasteiger charge is 2.29. The molecule has 0 bridgehead atoms. The summed E-state index contributed by atoms with van der Waals surface area (Å²) in [5.41, 5.74) is 1.48. The Hall–Kier alpha value is -2.80. The maximum Gasteiger partial charge on any atom is 0.244 e. The van der Waals surface area contributed by atoms with Crippen LogP contribution in [0.2, 0.25) is 0 Å². The predicted molar refractivity (Wildman–Crippen MR) is 126 cm³/mol. The largest absolute Gasteiger partial charge is 0.497 e. The van der Waals surface area contributed by atoms with Gasteiger partial charge < -0.3 is 15.0 Å². The monoisotopic (exact) mass is 472 g/mol. The smallest absolute Gasteiger partial charge is 0.244 e. The topological polar surface area (TPSA) is 41.6 Å². The van der Waals surface area contributed by atoms with E-state index in [1.165, 1.54) is 17.7 Å². The van der Waals surface area contributed by atoms with Crippen LogP contribution in [-0.2, 0) is 4.79 Å². The van der Waals surface area contributed by atoms with Gasteiger partial charge in [-0.3, -0.25) is 4.79 Å². The maximum atomic E-state index is 13.3. The second kappa shape index (κ2) is 11.1. The summed E-state index contributed by atoms with van der Waals surface area (Å²) in [6.45, 7) is 3.21. The third kappa shape index (κ3) is 6.20. The highest BCUT2D eigenvalue weighted by Crippen LogP contribution is 2.32. The molecule has 2 fully saturated rings.